The monoisotopic (exact) mass is 266 g/mol. The van der Waals surface area contributed by atoms with Gasteiger partial charge in [0.25, 0.3) is 0 Å². The molecule has 0 aliphatic rings. The van der Waals surface area contributed by atoms with Crippen molar-refractivity contribution in [1.29, 1.82) is 0 Å². The summed E-state index contributed by atoms with van der Waals surface area (Å²) in [7, 11) is 0. The number of pyridine rings is 1. The van der Waals surface area contributed by atoms with E-state index in [0.29, 0.717) is 12.1 Å². The van der Waals surface area contributed by atoms with Crippen LogP contribution in [0.15, 0.2) is 48.9 Å². The van der Waals surface area contributed by atoms with Gasteiger partial charge in [0, 0.05) is 30.5 Å². The van der Waals surface area contributed by atoms with Crippen LogP contribution in [-0.4, -0.2) is 20.6 Å². The number of hydrogen-bond donors (Lipinski definition) is 1. The first-order chi connectivity index (χ1) is 9.66. The fourth-order valence-electron chi connectivity index (χ4n) is 2.53. The van der Waals surface area contributed by atoms with Crippen molar-refractivity contribution < 1.29 is 9.90 Å². The molecule has 0 radical (unpaired) electrons. The number of nitrogens with zero attached hydrogens (tertiary/aromatic N) is 2. The minimum atomic E-state index is -0.898. The number of para-hydroxylation sites is 1. The summed E-state index contributed by atoms with van der Waals surface area (Å²) in [6.45, 7) is 2.61. The normalized spacial score (nSPS) is 10.8. The Hall–Kier alpha value is -2.62. The van der Waals surface area contributed by atoms with E-state index >= 15 is 0 Å². The molecule has 0 saturated carbocycles. The summed E-state index contributed by atoms with van der Waals surface area (Å²) in [6.07, 6.45) is 5.22. The minimum absolute atomic E-state index is 0.340. The summed E-state index contributed by atoms with van der Waals surface area (Å²) < 4.78 is 1.98. The van der Waals surface area contributed by atoms with Gasteiger partial charge in [0.15, 0.2) is 0 Å². The first-order valence-corrected chi connectivity index (χ1v) is 6.37. The van der Waals surface area contributed by atoms with Crippen molar-refractivity contribution in [2.75, 3.05) is 0 Å². The lowest BCUT2D eigenvalue weighted by molar-refractivity contribution is 0.0699. The maximum atomic E-state index is 11.4. The average molecular weight is 266 g/mol. The second-order valence-corrected chi connectivity index (χ2v) is 4.81. The highest BCUT2D eigenvalue weighted by molar-refractivity contribution is 6.04. The molecule has 1 aromatic carbocycles. The van der Waals surface area contributed by atoms with Crippen LogP contribution < -0.4 is 0 Å². The Morgan fingerprint density at radius 3 is 2.85 bits per heavy atom. The van der Waals surface area contributed by atoms with Gasteiger partial charge in [0.1, 0.15) is 0 Å². The molecule has 0 unspecified atom stereocenters. The zero-order valence-corrected chi connectivity index (χ0v) is 11.1. The predicted octanol–water partition coefficient (Wildman–Crippen LogP) is 3.09. The van der Waals surface area contributed by atoms with Crippen molar-refractivity contribution in [2.24, 2.45) is 0 Å². The van der Waals surface area contributed by atoms with Gasteiger partial charge < -0.3 is 9.67 Å². The van der Waals surface area contributed by atoms with Gasteiger partial charge in [-0.15, -0.1) is 0 Å². The van der Waals surface area contributed by atoms with Gasteiger partial charge in [-0.3, -0.25) is 4.98 Å². The molecule has 0 amide bonds. The van der Waals surface area contributed by atoms with Crippen molar-refractivity contribution in [1.82, 2.24) is 9.55 Å². The molecule has 3 aromatic rings. The van der Waals surface area contributed by atoms with Crippen molar-refractivity contribution in [2.45, 2.75) is 13.5 Å². The van der Waals surface area contributed by atoms with Gasteiger partial charge in [0.2, 0.25) is 0 Å². The Bertz CT molecular complexity index is 776. The van der Waals surface area contributed by atoms with E-state index < -0.39 is 5.97 Å². The molecule has 20 heavy (non-hydrogen) atoms. The number of benzene rings is 1. The number of carbonyl (C=O) groups is 1. The Labute approximate surface area is 116 Å². The molecular formula is C16H14N2O2. The van der Waals surface area contributed by atoms with Crippen LogP contribution in [0.25, 0.3) is 10.9 Å². The summed E-state index contributed by atoms with van der Waals surface area (Å²) in [6, 6.07) is 9.60. The maximum absolute atomic E-state index is 11.4. The third-order valence-electron chi connectivity index (χ3n) is 3.41. The number of hydrogen-bond acceptors (Lipinski definition) is 2. The Morgan fingerprint density at radius 1 is 1.30 bits per heavy atom. The largest absolute Gasteiger partial charge is 0.478 e. The predicted molar refractivity (Wildman–Crippen MR) is 77.0 cm³/mol. The van der Waals surface area contributed by atoms with E-state index in [0.717, 1.165) is 22.0 Å². The van der Waals surface area contributed by atoms with Crippen LogP contribution >= 0.6 is 0 Å². The number of fused-ring (bicyclic) bond motifs is 1. The number of carboxylic acids is 1. The standard InChI is InChI=1S/C16H14N2O2/c1-11-4-2-6-13-14(16(19)20)10-18(15(11)13)9-12-5-3-7-17-8-12/h2-8,10H,9H2,1H3,(H,19,20). The number of carboxylic acid groups (broad SMARTS) is 1. The number of rotatable bonds is 3. The first kappa shape index (κ1) is 12.4. The van der Waals surface area contributed by atoms with E-state index in [2.05, 4.69) is 4.98 Å². The lowest BCUT2D eigenvalue weighted by Crippen LogP contribution is -1.99. The van der Waals surface area contributed by atoms with Gasteiger partial charge in [-0.2, -0.15) is 0 Å². The molecule has 0 aliphatic heterocycles. The first-order valence-electron chi connectivity index (χ1n) is 6.37. The van der Waals surface area contributed by atoms with Crippen LogP contribution in [0, 0.1) is 6.92 Å². The molecule has 0 fully saturated rings. The second kappa shape index (κ2) is 4.81. The van der Waals surface area contributed by atoms with E-state index in [9.17, 15) is 9.90 Å². The molecule has 0 aliphatic carbocycles. The molecule has 1 N–H and O–H groups in total. The summed E-state index contributed by atoms with van der Waals surface area (Å²) in [5, 5.41) is 10.1. The van der Waals surface area contributed by atoms with Crippen LogP contribution in [0.5, 0.6) is 0 Å². The molecule has 0 bridgehead atoms. The Balaban J connectivity index is 2.18. The van der Waals surface area contributed by atoms with Gasteiger partial charge >= 0.3 is 5.97 Å². The van der Waals surface area contributed by atoms with Crippen LogP contribution in [0.3, 0.4) is 0 Å². The highest BCUT2D eigenvalue weighted by Gasteiger charge is 2.15. The molecule has 0 atom stereocenters. The van der Waals surface area contributed by atoms with E-state index in [4.69, 9.17) is 0 Å². The Morgan fingerprint density at radius 2 is 2.15 bits per heavy atom. The third kappa shape index (κ3) is 2.05. The highest BCUT2D eigenvalue weighted by atomic mass is 16.4. The van der Waals surface area contributed by atoms with Crippen LogP contribution in [-0.2, 0) is 6.54 Å². The topological polar surface area (TPSA) is 55.1 Å². The average Bonchev–Trinajstić information content (AvgIpc) is 2.80. The van der Waals surface area contributed by atoms with Crippen LogP contribution in [0.2, 0.25) is 0 Å². The molecule has 100 valence electrons. The van der Waals surface area contributed by atoms with Gasteiger partial charge in [-0.05, 0) is 24.1 Å². The number of aromatic nitrogens is 2. The smallest absolute Gasteiger partial charge is 0.337 e. The third-order valence-corrected chi connectivity index (χ3v) is 3.41. The zero-order valence-electron chi connectivity index (χ0n) is 11.1. The molecular weight excluding hydrogens is 252 g/mol. The van der Waals surface area contributed by atoms with E-state index in [1.54, 1.807) is 18.6 Å². The lowest BCUT2D eigenvalue weighted by Gasteiger charge is -2.07. The number of aryl methyl sites for hydroxylation is 1. The van der Waals surface area contributed by atoms with Crippen molar-refractivity contribution in [3.05, 3.63) is 65.6 Å². The van der Waals surface area contributed by atoms with Gasteiger partial charge in [-0.25, -0.2) is 4.79 Å². The molecule has 4 nitrogen and oxygen atoms in total. The van der Waals surface area contributed by atoms with E-state index in [-0.39, 0.29) is 0 Å². The van der Waals surface area contributed by atoms with Gasteiger partial charge in [-0.1, -0.05) is 24.3 Å². The summed E-state index contributed by atoms with van der Waals surface area (Å²) in [4.78, 5) is 15.5. The fourth-order valence-corrected chi connectivity index (χ4v) is 2.53. The Kier molecular flexibility index (Phi) is 2.99. The van der Waals surface area contributed by atoms with Crippen molar-refractivity contribution in [3.63, 3.8) is 0 Å². The molecule has 2 heterocycles. The van der Waals surface area contributed by atoms with Crippen LogP contribution in [0.1, 0.15) is 21.5 Å². The zero-order chi connectivity index (χ0) is 14.1. The summed E-state index contributed by atoms with van der Waals surface area (Å²) in [5.74, 6) is -0.898. The molecule has 0 spiro atoms. The van der Waals surface area contributed by atoms with Crippen LogP contribution in [0.4, 0.5) is 0 Å². The second-order valence-electron chi connectivity index (χ2n) is 4.81. The lowest BCUT2D eigenvalue weighted by atomic mass is 10.1. The fraction of sp³-hybridized carbons (Fsp3) is 0.125. The maximum Gasteiger partial charge on any atom is 0.337 e. The SMILES string of the molecule is Cc1cccc2c(C(=O)O)cn(Cc3cccnc3)c12. The highest BCUT2D eigenvalue weighted by Crippen LogP contribution is 2.25. The van der Waals surface area contributed by atoms with E-state index in [1.807, 2.05) is 41.8 Å². The summed E-state index contributed by atoms with van der Waals surface area (Å²) in [5.41, 5.74) is 3.42. The summed E-state index contributed by atoms with van der Waals surface area (Å²) >= 11 is 0. The van der Waals surface area contributed by atoms with Crippen molar-refractivity contribution in [3.8, 4) is 0 Å². The van der Waals surface area contributed by atoms with Gasteiger partial charge in [0.05, 0.1) is 11.1 Å². The quantitative estimate of drug-likeness (QED) is 0.792. The molecule has 4 heteroatoms. The minimum Gasteiger partial charge on any atom is -0.478 e. The van der Waals surface area contributed by atoms with E-state index in [1.165, 1.54) is 0 Å². The molecule has 0 saturated heterocycles. The number of aromatic carboxylic acids is 1. The molecule has 2 aromatic heterocycles. The molecule has 3 rings (SSSR count). The van der Waals surface area contributed by atoms with Crippen molar-refractivity contribution >= 4 is 16.9 Å².